The average molecular weight is 342 g/mol. The molecule has 25 heavy (non-hydrogen) atoms. The quantitative estimate of drug-likeness (QED) is 0.549. The molecule has 0 spiro atoms. The Morgan fingerprint density at radius 2 is 2.04 bits per heavy atom. The normalized spacial score (nSPS) is 11.6. The van der Waals surface area contributed by atoms with E-state index in [1.54, 1.807) is 0 Å². The number of nitrogens with one attached hydrogen (secondary N) is 1. The highest BCUT2D eigenvalue weighted by Gasteiger charge is 2.16. The van der Waals surface area contributed by atoms with Crippen molar-refractivity contribution in [2.45, 2.75) is 39.3 Å². The van der Waals surface area contributed by atoms with Gasteiger partial charge in [0.25, 0.3) is 0 Å². The number of aryl methyl sites for hydroxylation is 1. The Kier molecular flexibility index (Phi) is 7.85. The van der Waals surface area contributed by atoms with Gasteiger partial charge in [0, 0.05) is 35.9 Å². The fourth-order valence-corrected chi connectivity index (χ4v) is 3.18. The van der Waals surface area contributed by atoms with Crippen LogP contribution in [0, 0.1) is 0 Å². The Hall–Kier alpha value is -1.95. The number of fused-ring (bicyclic) bond motifs is 1. The fraction of sp³-hybridized carbons (Fsp3) is 0.450. The van der Waals surface area contributed by atoms with Crippen LogP contribution in [0.4, 0.5) is 0 Å². The molecule has 2 heterocycles. The van der Waals surface area contributed by atoms with Gasteiger partial charge in [-0.25, -0.2) is 0 Å². The van der Waals surface area contributed by atoms with E-state index in [-0.39, 0.29) is 0 Å². The number of aromatic nitrogens is 2. The van der Waals surface area contributed by atoms with Crippen molar-refractivity contribution in [3.05, 3.63) is 41.9 Å². The minimum Gasteiger partial charge on any atom is -0.339 e. The van der Waals surface area contributed by atoms with Crippen LogP contribution in [0.15, 0.2) is 24.9 Å². The lowest BCUT2D eigenvalue weighted by molar-refractivity contribution is 0.617. The first kappa shape index (κ1) is 19.4. The van der Waals surface area contributed by atoms with E-state index < -0.39 is 0 Å². The minimum absolute atomic E-state index is 0.672. The maximum atomic E-state index is 5.76. The first-order valence-electron chi connectivity index (χ1n) is 9.14. The van der Waals surface area contributed by atoms with Crippen LogP contribution < -0.4 is 16.8 Å². The number of allylic oxidation sites excluding steroid dienone is 1. The lowest BCUT2D eigenvalue weighted by Crippen LogP contribution is -2.17. The standard InChI is InChI=1S/C20H31N5/c1-3-8-19-16(4-2)17-9-13-24-18(15-23-12-6-5-10-21)20(17)25(19)14-7-11-22/h3-4,8-9,13,23H,2,5-7,10-12,14-15,21-22H2,1H3/b8-3-. The van der Waals surface area contributed by atoms with Crippen LogP contribution in [0.2, 0.25) is 0 Å². The molecule has 0 aliphatic heterocycles. The number of unbranched alkanes of at least 4 members (excludes halogenated alkanes) is 1. The summed E-state index contributed by atoms with van der Waals surface area (Å²) in [6.45, 7) is 10.1. The predicted molar refractivity (Wildman–Crippen MR) is 108 cm³/mol. The van der Waals surface area contributed by atoms with Crippen LogP contribution in [-0.2, 0) is 13.1 Å². The van der Waals surface area contributed by atoms with E-state index in [0.29, 0.717) is 6.54 Å². The van der Waals surface area contributed by atoms with Gasteiger partial charge in [0.05, 0.1) is 11.2 Å². The van der Waals surface area contributed by atoms with Crippen LogP contribution >= 0.6 is 0 Å². The van der Waals surface area contributed by atoms with Gasteiger partial charge in [0.15, 0.2) is 0 Å². The minimum atomic E-state index is 0.672. The van der Waals surface area contributed by atoms with E-state index in [9.17, 15) is 0 Å². The van der Waals surface area contributed by atoms with Crippen molar-refractivity contribution in [2.24, 2.45) is 11.5 Å². The molecule has 0 aromatic carbocycles. The third kappa shape index (κ3) is 4.57. The van der Waals surface area contributed by atoms with E-state index in [1.807, 2.05) is 19.2 Å². The monoisotopic (exact) mass is 341 g/mol. The molecule has 0 fully saturated rings. The number of hydrogen-bond donors (Lipinski definition) is 3. The van der Waals surface area contributed by atoms with Gasteiger partial charge in [0.2, 0.25) is 0 Å². The van der Waals surface area contributed by atoms with Gasteiger partial charge >= 0.3 is 0 Å². The smallest absolute Gasteiger partial charge is 0.0784 e. The molecule has 0 aliphatic carbocycles. The van der Waals surface area contributed by atoms with Crippen LogP contribution in [0.1, 0.15) is 43.1 Å². The molecule has 0 bridgehead atoms. The van der Waals surface area contributed by atoms with Gasteiger partial charge in [-0.3, -0.25) is 4.98 Å². The first-order valence-corrected chi connectivity index (χ1v) is 9.14. The molecular formula is C20H31N5. The summed E-state index contributed by atoms with van der Waals surface area (Å²) in [5, 5.41) is 4.69. The third-order valence-electron chi connectivity index (χ3n) is 4.34. The molecule has 0 radical (unpaired) electrons. The van der Waals surface area contributed by atoms with Gasteiger partial charge in [-0.15, -0.1) is 0 Å². The predicted octanol–water partition coefficient (Wildman–Crippen LogP) is 2.89. The van der Waals surface area contributed by atoms with Crippen LogP contribution in [0.5, 0.6) is 0 Å². The number of pyridine rings is 1. The van der Waals surface area contributed by atoms with E-state index >= 15 is 0 Å². The zero-order chi connectivity index (χ0) is 18.1. The second-order valence-corrected chi connectivity index (χ2v) is 6.12. The van der Waals surface area contributed by atoms with Gasteiger partial charge in [-0.2, -0.15) is 0 Å². The van der Waals surface area contributed by atoms with E-state index in [4.69, 9.17) is 11.5 Å². The summed E-state index contributed by atoms with van der Waals surface area (Å²) in [5.41, 5.74) is 15.9. The van der Waals surface area contributed by atoms with E-state index in [2.05, 4.69) is 39.7 Å². The van der Waals surface area contributed by atoms with Crippen molar-refractivity contribution in [1.82, 2.24) is 14.9 Å². The number of rotatable bonds is 11. The molecule has 136 valence electrons. The molecule has 5 nitrogen and oxygen atoms in total. The Morgan fingerprint density at radius 1 is 1.24 bits per heavy atom. The highest BCUT2D eigenvalue weighted by atomic mass is 15.0. The third-order valence-corrected chi connectivity index (χ3v) is 4.34. The molecule has 2 aromatic heterocycles. The molecule has 0 saturated carbocycles. The van der Waals surface area contributed by atoms with Crippen LogP contribution in [0.25, 0.3) is 23.1 Å². The maximum Gasteiger partial charge on any atom is 0.0784 e. The summed E-state index contributed by atoms with van der Waals surface area (Å²) < 4.78 is 2.34. The number of hydrogen-bond acceptors (Lipinski definition) is 4. The maximum absolute atomic E-state index is 5.76. The summed E-state index contributed by atoms with van der Waals surface area (Å²) in [4.78, 5) is 4.64. The number of nitrogens with two attached hydrogens (primary N) is 2. The molecule has 2 rings (SSSR count). The average Bonchev–Trinajstić information content (AvgIpc) is 2.93. The lowest BCUT2D eigenvalue weighted by atomic mass is 10.1. The fourth-order valence-electron chi connectivity index (χ4n) is 3.18. The highest BCUT2D eigenvalue weighted by molar-refractivity contribution is 5.94. The highest BCUT2D eigenvalue weighted by Crippen LogP contribution is 2.30. The van der Waals surface area contributed by atoms with Crippen molar-refractivity contribution < 1.29 is 0 Å². The van der Waals surface area contributed by atoms with Crippen molar-refractivity contribution >= 4 is 23.1 Å². The van der Waals surface area contributed by atoms with Crippen molar-refractivity contribution in [1.29, 1.82) is 0 Å². The molecule has 0 saturated heterocycles. The molecule has 0 atom stereocenters. The van der Waals surface area contributed by atoms with Gasteiger partial charge < -0.3 is 21.4 Å². The van der Waals surface area contributed by atoms with Gasteiger partial charge in [0.1, 0.15) is 0 Å². The SMILES string of the molecule is C=Cc1c(/C=C\C)n(CCCN)c2c(CNCCCCN)nccc12. The Morgan fingerprint density at radius 3 is 2.72 bits per heavy atom. The van der Waals surface area contributed by atoms with E-state index in [0.717, 1.165) is 56.7 Å². The lowest BCUT2D eigenvalue weighted by Gasteiger charge is -2.11. The zero-order valence-corrected chi connectivity index (χ0v) is 15.3. The topological polar surface area (TPSA) is 81.9 Å². The second-order valence-electron chi connectivity index (χ2n) is 6.12. The summed E-state index contributed by atoms with van der Waals surface area (Å²) in [5.74, 6) is 0. The Balaban J connectivity index is 2.43. The molecule has 0 amide bonds. The van der Waals surface area contributed by atoms with Crippen molar-refractivity contribution in [3.8, 4) is 0 Å². The molecule has 0 aliphatic rings. The molecule has 2 aromatic rings. The Labute approximate surface area is 150 Å². The van der Waals surface area contributed by atoms with Crippen molar-refractivity contribution in [3.63, 3.8) is 0 Å². The first-order chi connectivity index (χ1) is 12.3. The van der Waals surface area contributed by atoms with Crippen molar-refractivity contribution in [2.75, 3.05) is 19.6 Å². The molecule has 5 heteroatoms. The summed E-state index contributed by atoms with van der Waals surface area (Å²) in [6, 6.07) is 2.08. The van der Waals surface area contributed by atoms with Gasteiger partial charge in [-0.05, 0) is 58.0 Å². The molecule has 5 N–H and O–H groups in total. The summed E-state index contributed by atoms with van der Waals surface area (Å²) in [6.07, 6.45) is 11.1. The Bertz CT molecular complexity index is 714. The molecular weight excluding hydrogens is 310 g/mol. The van der Waals surface area contributed by atoms with E-state index in [1.165, 1.54) is 16.6 Å². The summed E-state index contributed by atoms with van der Waals surface area (Å²) in [7, 11) is 0. The summed E-state index contributed by atoms with van der Waals surface area (Å²) >= 11 is 0. The zero-order valence-electron chi connectivity index (χ0n) is 15.3. The molecule has 0 unspecified atom stereocenters. The van der Waals surface area contributed by atoms with Crippen LogP contribution in [0.3, 0.4) is 0 Å². The second kappa shape index (κ2) is 10.1. The number of nitrogens with zero attached hydrogens (tertiary/aromatic N) is 2. The van der Waals surface area contributed by atoms with Crippen LogP contribution in [-0.4, -0.2) is 29.2 Å². The van der Waals surface area contributed by atoms with Gasteiger partial charge in [-0.1, -0.05) is 18.7 Å². The largest absolute Gasteiger partial charge is 0.339 e.